The number of unbranched alkanes of at least 4 members (excludes halogenated alkanes) is 1. The first kappa shape index (κ1) is 81.3. The summed E-state index contributed by atoms with van der Waals surface area (Å²) in [6.45, 7) is 9.23. The molecule has 34 heteroatoms. The summed E-state index contributed by atoms with van der Waals surface area (Å²) in [5.41, 5.74) is 13.7. The second-order valence-corrected chi connectivity index (χ2v) is 28.9. The van der Waals surface area contributed by atoms with Crippen LogP contribution < -0.4 is 91.2 Å². The van der Waals surface area contributed by atoms with Crippen molar-refractivity contribution in [2.45, 2.75) is 143 Å². The number of carbonyl (C=O) groups is 10. The van der Waals surface area contributed by atoms with Crippen LogP contribution in [0.25, 0.3) is 10.9 Å². The number of para-hydroxylation sites is 1. The Hall–Kier alpha value is -8.00. The highest BCUT2D eigenvalue weighted by molar-refractivity contribution is 8.76. The number of carbonyl (C=O) groups excluding carboxylic acids is 9. The number of phenols is 1. The summed E-state index contributed by atoms with van der Waals surface area (Å²) in [5.74, 6) is -10.2. The normalized spacial score (nSPS) is 25.0. The molecule has 2 bridgehead atoms. The van der Waals surface area contributed by atoms with Gasteiger partial charge in [0, 0.05) is 139 Å². The van der Waals surface area contributed by atoms with Crippen molar-refractivity contribution in [3.63, 3.8) is 0 Å². The van der Waals surface area contributed by atoms with Gasteiger partial charge in [-0.25, -0.2) is 4.79 Å². The number of hydrogen-bond acceptors (Lipinski definition) is 23. The van der Waals surface area contributed by atoms with Crippen molar-refractivity contribution < 1.29 is 68.4 Å². The minimum atomic E-state index is -1.88. The zero-order chi connectivity index (χ0) is 73.6. The number of benzene rings is 3. The number of nitrogens with two attached hydrogens (primary N) is 2. The van der Waals surface area contributed by atoms with Gasteiger partial charge >= 0.3 is 5.97 Å². The van der Waals surface area contributed by atoms with E-state index in [-0.39, 0.29) is 75.3 Å². The van der Waals surface area contributed by atoms with Crippen LogP contribution >= 0.6 is 21.6 Å². The molecular weight excluding hydrogens is 1360 g/mol. The number of fused-ring (bicyclic) bond motifs is 16. The van der Waals surface area contributed by atoms with Crippen molar-refractivity contribution in [3.8, 4) is 5.75 Å². The van der Waals surface area contributed by atoms with Gasteiger partial charge in [0.1, 0.15) is 48.0 Å². The molecule has 4 fully saturated rings. The number of aromatic amines is 1. The summed E-state index contributed by atoms with van der Waals surface area (Å²) < 4.78 is 0. The Morgan fingerprint density at radius 1 is 0.608 bits per heavy atom. The van der Waals surface area contributed by atoms with Crippen LogP contribution in [0.1, 0.15) is 69.1 Å². The van der Waals surface area contributed by atoms with Crippen LogP contribution in [-0.2, 0) is 67.2 Å². The maximum atomic E-state index is 15.3. The first-order chi connectivity index (χ1) is 48.9. The van der Waals surface area contributed by atoms with Gasteiger partial charge < -0.3 is 117 Å². The van der Waals surface area contributed by atoms with Gasteiger partial charge in [-0.05, 0) is 81.0 Å². The predicted octanol–water partition coefficient (Wildman–Crippen LogP) is -4.56. The molecule has 4 aliphatic heterocycles. The molecule has 24 N–H and O–H groups in total. The Labute approximate surface area is 600 Å². The van der Waals surface area contributed by atoms with Gasteiger partial charge in [-0.1, -0.05) is 82.3 Å². The molecule has 0 radical (unpaired) electrons. The molecule has 10 atom stereocenters. The molecule has 0 spiro atoms. The number of rotatable bonds is 23. The third-order valence-corrected chi connectivity index (χ3v) is 20.1. The first-order valence-corrected chi connectivity index (χ1v) is 37.1. The highest BCUT2D eigenvalue weighted by Gasteiger charge is 2.39. The summed E-state index contributed by atoms with van der Waals surface area (Å²) in [4.78, 5) is 147. The first-order valence-electron chi connectivity index (χ1n) is 34.6. The molecule has 9 amide bonds. The highest BCUT2D eigenvalue weighted by atomic mass is 33.1. The van der Waals surface area contributed by atoms with Crippen LogP contribution in [0.5, 0.6) is 5.75 Å². The van der Waals surface area contributed by atoms with E-state index in [9.17, 15) is 54.0 Å². The molecule has 4 aliphatic rings. The van der Waals surface area contributed by atoms with Crippen molar-refractivity contribution in [2.24, 2.45) is 11.5 Å². The molecule has 5 heterocycles. The van der Waals surface area contributed by atoms with E-state index in [4.69, 9.17) is 11.5 Å². The summed E-state index contributed by atoms with van der Waals surface area (Å²) in [6.07, 6.45) is -1.76. The maximum absolute atomic E-state index is 15.3. The third kappa shape index (κ3) is 26.4. The van der Waals surface area contributed by atoms with Gasteiger partial charge in [-0.2, -0.15) is 0 Å². The van der Waals surface area contributed by atoms with Crippen molar-refractivity contribution in [1.29, 1.82) is 0 Å². The molecule has 32 nitrogen and oxygen atoms in total. The van der Waals surface area contributed by atoms with E-state index in [1.165, 1.54) is 31.2 Å². The number of aromatic nitrogens is 1. The molecular formula is C68H102N18O14S2. The molecule has 0 saturated carbocycles. The fourth-order valence-electron chi connectivity index (χ4n) is 11.9. The van der Waals surface area contributed by atoms with Crippen molar-refractivity contribution in [1.82, 2.24) is 84.7 Å². The number of carboxylic acids is 1. The largest absolute Gasteiger partial charge is 0.508 e. The van der Waals surface area contributed by atoms with Crippen molar-refractivity contribution in [3.05, 3.63) is 102 Å². The topological polar surface area (TPSA) is 500 Å². The fraction of sp³-hybridized carbons (Fsp3) is 0.559. The number of nitrogens with one attached hydrogen (secondary N) is 16. The van der Waals surface area contributed by atoms with Gasteiger partial charge in [0.25, 0.3) is 0 Å². The number of H-pyrrole nitrogens is 1. The van der Waals surface area contributed by atoms with Crippen LogP contribution in [0.3, 0.4) is 0 Å². The zero-order valence-corrected chi connectivity index (χ0v) is 59.3. The van der Waals surface area contributed by atoms with Gasteiger partial charge in [-0.3, -0.25) is 43.2 Å². The number of aliphatic hydroxyl groups is 2. The van der Waals surface area contributed by atoms with Crippen molar-refractivity contribution >= 4 is 91.6 Å². The molecule has 4 aromatic rings. The van der Waals surface area contributed by atoms with Gasteiger partial charge in [0.15, 0.2) is 6.04 Å². The summed E-state index contributed by atoms with van der Waals surface area (Å²) >= 11 is 0. The van der Waals surface area contributed by atoms with E-state index in [0.717, 1.165) is 28.5 Å². The predicted molar refractivity (Wildman–Crippen MR) is 387 cm³/mol. The average molecular weight is 1460 g/mol. The Bertz CT molecular complexity index is 3370. The van der Waals surface area contributed by atoms with Crippen LogP contribution in [0, 0.1) is 0 Å². The van der Waals surface area contributed by atoms with E-state index < -0.39 is 131 Å². The van der Waals surface area contributed by atoms with Gasteiger partial charge in [0.2, 0.25) is 53.2 Å². The van der Waals surface area contributed by atoms with E-state index in [2.05, 4.69) is 84.7 Å². The Kier molecular flexibility index (Phi) is 32.9. The smallest absolute Gasteiger partial charge is 0.328 e. The highest BCUT2D eigenvalue weighted by Crippen LogP contribution is 2.25. The van der Waals surface area contributed by atoms with Crippen molar-refractivity contribution in [2.75, 3.05) is 96.6 Å². The maximum Gasteiger partial charge on any atom is 0.328 e. The Balaban J connectivity index is 1.19. The number of amides is 9. The lowest BCUT2D eigenvalue weighted by atomic mass is 9.97. The number of phenolic OH excluding ortho intramolecular Hbond substituents is 1. The quantitative estimate of drug-likeness (QED) is 0.0246. The number of hydrogen-bond donors (Lipinski definition) is 22. The molecule has 8 rings (SSSR count). The minimum absolute atomic E-state index is 0.0568. The minimum Gasteiger partial charge on any atom is -0.508 e. The van der Waals surface area contributed by atoms with Crippen LogP contribution in [0.4, 0.5) is 0 Å². The molecule has 8 unspecified atom stereocenters. The number of aromatic hydroxyl groups is 1. The number of carboxylic acid groups (broad SMARTS) is 1. The Morgan fingerprint density at radius 3 is 1.77 bits per heavy atom. The van der Waals surface area contributed by atoms with E-state index in [0.29, 0.717) is 113 Å². The zero-order valence-electron chi connectivity index (χ0n) is 57.7. The summed E-state index contributed by atoms with van der Waals surface area (Å²) in [6, 6.07) is 8.87. The third-order valence-electron chi connectivity index (χ3n) is 17.7. The second-order valence-electron chi connectivity index (χ2n) is 26.3. The van der Waals surface area contributed by atoms with E-state index in [1.54, 1.807) is 54.7 Å². The summed E-state index contributed by atoms with van der Waals surface area (Å²) in [5, 5.41) is 87.6. The lowest BCUT2D eigenvalue weighted by molar-refractivity contribution is -0.145. The number of aliphatic hydroxyl groups excluding tert-OH is 2. The monoisotopic (exact) mass is 1460 g/mol. The number of aliphatic carboxylic acids is 1. The Morgan fingerprint density at radius 2 is 1.17 bits per heavy atom. The summed E-state index contributed by atoms with van der Waals surface area (Å²) in [7, 11) is 1.76. The molecule has 3 aromatic carbocycles. The SMILES string of the molecule is CC(O)C(NC(=O)[C@@H]1CSSC[C@H](NC(=O)C(Cc2ccccc2)NC(=O)CCCC(=O)N[C@]23CNCCNC[C@](N)(CNCCNC2)CNCCNC3)C(=O)NC(Cc2ccc(O)cc2)C(=O)NC(Cc2c[nH]c3ccccc23)C(=O)NC(CCCCN)C(=O)NC(C(C)O)C(=O)N1)C(=O)O. The van der Waals surface area contributed by atoms with E-state index in [1.807, 2.05) is 6.07 Å². The lowest BCUT2D eigenvalue weighted by Crippen LogP contribution is -2.67. The molecule has 560 valence electrons. The molecule has 102 heavy (non-hydrogen) atoms. The fourth-order valence-corrected chi connectivity index (χ4v) is 14.3. The van der Waals surface area contributed by atoms with Crippen LogP contribution in [0.15, 0.2) is 85.1 Å². The lowest BCUT2D eigenvalue weighted by Gasteiger charge is -2.37. The van der Waals surface area contributed by atoms with Gasteiger partial charge in [0.05, 0.1) is 23.3 Å². The molecule has 0 aliphatic carbocycles. The second kappa shape index (κ2) is 41.3. The standard InChI is InChI=1S/C68H102N18O14S2/c1-41(87)57-65(98)83-54(64(97)85-58(42(2)88)66(99)100)34-102-101-33-53(63(96)80-51(30-44-18-20-46(89)21-19-44)61(94)81-52(31-45-32-77-48-14-7-6-13-47(45)48)62(95)79-49(59(92)84-57)15-8-9-22-69)82-60(93)50(29-43-11-4-3-5-12-43)78-55(90)16-10-17-56(91)86-68-38-74-26-23-71-35-67(70,36-72-24-27-75-39-68)37-73-25-28-76-40-68/h3-7,11-14,18-21,32,41-42,49-54,57-58,71-77,87-89H,8-10,15-17,22-31,33-40,69-70H2,1-2H3,(H,78,90)(H,79,95)(H,80,96)(H,81,94)(H,82,93)(H,83,98)(H,84,92)(H,85,97)(H,86,91)(H,99,100)/t41?,42?,49?,50?,51?,52?,53-,54-,57?,58?,67-,68+/m0/s1. The van der Waals surface area contributed by atoms with Gasteiger partial charge in [-0.15, -0.1) is 0 Å². The average Bonchev–Trinajstić information content (AvgIpc) is 1.59. The molecule has 1 aromatic heterocycles. The van der Waals surface area contributed by atoms with Crippen LogP contribution in [0.2, 0.25) is 0 Å². The molecule has 4 saturated heterocycles. The van der Waals surface area contributed by atoms with E-state index >= 15 is 14.4 Å². The van der Waals surface area contributed by atoms with Crippen LogP contribution in [-0.4, -0.2) is 253 Å².